The van der Waals surface area contributed by atoms with Gasteiger partial charge in [-0.05, 0) is 24.1 Å². The summed E-state index contributed by atoms with van der Waals surface area (Å²) in [5.74, 6) is 0. The van der Waals surface area contributed by atoms with Gasteiger partial charge in [-0.25, -0.2) is 0 Å². The van der Waals surface area contributed by atoms with Crippen LogP contribution in [0.2, 0.25) is 0 Å². The molecule has 5 aromatic rings. The quantitative estimate of drug-likeness (QED) is 0.405. The second kappa shape index (κ2) is 8.15. The zero-order chi connectivity index (χ0) is 24.9. The summed E-state index contributed by atoms with van der Waals surface area (Å²) in [6.45, 7) is 2.18. The van der Waals surface area contributed by atoms with Crippen LogP contribution in [0.15, 0.2) is 76.8 Å². The third kappa shape index (κ3) is 3.86. The fourth-order valence-corrected chi connectivity index (χ4v) is 4.17. The van der Waals surface area contributed by atoms with Gasteiger partial charge in [-0.15, -0.1) is 13.2 Å². The van der Waals surface area contributed by atoms with Crippen molar-refractivity contribution in [3.8, 4) is 33.5 Å². The molecular formula is C25H20F3N5O2. The van der Waals surface area contributed by atoms with Crippen LogP contribution in [-0.4, -0.2) is 23.9 Å². The first-order chi connectivity index (χ1) is 16.7. The molecule has 0 aliphatic carbocycles. The number of aryl methyl sites for hydroxylation is 2. The molecule has 0 aliphatic rings. The van der Waals surface area contributed by atoms with Gasteiger partial charge < -0.3 is 14.1 Å². The molecule has 1 aromatic carbocycles. The largest absolute Gasteiger partial charge is 0.504 e. The first-order valence-corrected chi connectivity index (χ1v) is 10.8. The van der Waals surface area contributed by atoms with Gasteiger partial charge in [0, 0.05) is 66.0 Å². The summed E-state index contributed by atoms with van der Waals surface area (Å²) in [6.07, 6.45) is 0.711. The number of rotatable bonds is 4. The SMILES string of the molecule is CCn1cc(-c2cc(=O)n(C)cc2-c2ccccc2)c2cc(-c3cnn(C(F)(F)F)c3)[nH]c2c1=O. The van der Waals surface area contributed by atoms with E-state index in [9.17, 15) is 22.8 Å². The van der Waals surface area contributed by atoms with Crippen molar-refractivity contribution in [2.45, 2.75) is 19.8 Å². The van der Waals surface area contributed by atoms with E-state index in [2.05, 4.69) is 10.1 Å². The molecule has 4 heterocycles. The predicted molar refractivity (Wildman–Crippen MR) is 127 cm³/mol. The number of nitrogens with zero attached hydrogens (tertiary/aromatic N) is 4. The lowest BCUT2D eigenvalue weighted by atomic mass is 9.95. The Labute approximate surface area is 196 Å². The van der Waals surface area contributed by atoms with Gasteiger partial charge in [-0.1, -0.05) is 30.3 Å². The summed E-state index contributed by atoms with van der Waals surface area (Å²) in [5, 5.41) is 3.89. The highest BCUT2D eigenvalue weighted by Gasteiger charge is 2.32. The summed E-state index contributed by atoms with van der Waals surface area (Å²) in [4.78, 5) is 28.7. The van der Waals surface area contributed by atoms with Gasteiger partial charge in [0.05, 0.1) is 6.20 Å². The van der Waals surface area contributed by atoms with Gasteiger partial charge in [0.1, 0.15) is 5.52 Å². The molecule has 7 nitrogen and oxygen atoms in total. The first-order valence-electron chi connectivity index (χ1n) is 10.8. The summed E-state index contributed by atoms with van der Waals surface area (Å²) >= 11 is 0. The van der Waals surface area contributed by atoms with Gasteiger partial charge in [0.2, 0.25) is 0 Å². The summed E-state index contributed by atoms with van der Waals surface area (Å²) in [5.41, 5.74) is 3.07. The van der Waals surface area contributed by atoms with E-state index in [1.807, 2.05) is 37.3 Å². The van der Waals surface area contributed by atoms with Crippen molar-refractivity contribution in [3.05, 3.63) is 88.0 Å². The van der Waals surface area contributed by atoms with Crippen molar-refractivity contribution in [1.82, 2.24) is 23.9 Å². The molecular weight excluding hydrogens is 459 g/mol. The predicted octanol–water partition coefficient (Wildman–Crippen LogP) is 4.72. The minimum Gasteiger partial charge on any atom is -0.350 e. The molecule has 0 saturated heterocycles. The Hall–Kier alpha value is -4.34. The highest BCUT2D eigenvalue weighted by molar-refractivity contribution is 6.00. The monoisotopic (exact) mass is 479 g/mol. The highest BCUT2D eigenvalue weighted by Crippen LogP contribution is 2.36. The van der Waals surface area contributed by atoms with E-state index < -0.39 is 6.30 Å². The molecule has 0 saturated carbocycles. The number of aromatic nitrogens is 5. The average molecular weight is 479 g/mol. The van der Waals surface area contributed by atoms with Crippen LogP contribution in [0.4, 0.5) is 13.2 Å². The number of alkyl halides is 3. The number of fused-ring (bicyclic) bond motifs is 1. The van der Waals surface area contributed by atoms with Crippen molar-refractivity contribution in [3.63, 3.8) is 0 Å². The molecule has 0 aliphatic heterocycles. The molecule has 5 rings (SSSR count). The minimum atomic E-state index is -4.65. The molecule has 0 atom stereocenters. The molecule has 35 heavy (non-hydrogen) atoms. The molecule has 0 fully saturated rings. The van der Waals surface area contributed by atoms with Gasteiger partial charge in [0.15, 0.2) is 0 Å². The average Bonchev–Trinajstić information content (AvgIpc) is 3.50. The third-order valence-electron chi connectivity index (χ3n) is 5.96. The molecule has 0 spiro atoms. The van der Waals surface area contributed by atoms with Crippen LogP contribution in [0.3, 0.4) is 0 Å². The van der Waals surface area contributed by atoms with Crippen LogP contribution >= 0.6 is 0 Å². The molecule has 0 unspecified atom stereocenters. The van der Waals surface area contributed by atoms with Gasteiger partial charge in [-0.2, -0.15) is 9.78 Å². The van der Waals surface area contributed by atoms with E-state index in [1.54, 1.807) is 25.5 Å². The van der Waals surface area contributed by atoms with Crippen molar-refractivity contribution in [1.29, 1.82) is 0 Å². The van der Waals surface area contributed by atoms with Gasteiger partial charge in [-0.3, -0.25) is 9.59 Å². The number of aromatic amines is 1. The molecule has 0 bridgehead atoms. The lowest BCUT2D eigenvalue weighted by molar-refractivity contribution is -0.212. The fourth-order valence-electron chi connectivity index (χ4n) is 4.17. The van der Waals surface area contributed by atoms with Crippen molar-refractivity contribution < 1.29 is 13.2 Å². The molecule has 10 heteroatoms. The fraction of sp³-hybridized carbons (Fsp3) is 0.160. The Morgan fingerprint density at radius 3 is 2.34 bits per heavy atom. The van der Waals surface area contributed by atoms with Crippen LogP contribution in [0, 0.1) is 0 Å². The van der Waals surface area contributed by atoms with Crippen LogP contribution in [0.25, 0.3) is 44.4 Å². The molecule has 178 valence electrons. The topological polar surface area (TPSA) is 77.6 Å². The van der Waals surface area contributed by atoms with Crippen LogP contribution < -0.4 is 11.1 Å². The van der Waals surface area contributed by atoms with Crippen molar-refractivity contribution in [2.24, 2.45) is 7.05 Å². The maximum absolute atomic E-state index is 13.1. The summed E-state index contributed by atoms with van der Waals surface area (Å²) in [6, 6.07) is 12.6. The zero-order valence-corrected chi connectivity index (χ0v) is 18.8. The maximum atomic E-state index is 13.1. The zero-order valence-electron chi connectivity index (χ0n) is 18.8. The van der Waals surface area contributed by atoms with Crippen molar-refractivity contribution >= 4 is 10.9 Å². The maximum Gasteiger partial charge on any atom is 0.504 e. The number of benzene rings is 1. The third-order valence-corrected chi connectivity index (χ3v) is 5.96. The number of H-pyrrole nitrogens is 1. The Bertz CT molecular complexity index is 1670. The second-order valence-corrected chi connectivity index (χ2v) is 8.16. The van der Waals surface area contributed by atoms with E-state index in [1.165, 1.54) is 15.2 Å². The van der Waals surface area contributed by atoms with Crippen LogP contribution in [-0.2, 0) is 19.9 Å². The van der Waals surface area contributed by atoms with Gasteiger partial charge in [0.25, 0.3) is 11.1 Å². The standard InChI is InChI=1S/C25H20F3N5O2/c1-3-32-14-20(17-10-22(34)31(2)13-19(17)15-7-5-4-6-8-15)18-9-21(30-23(18)24(32)35)16-11-29-33(12-16)25(26,27)28/h4-14,30H,3H2,1-2H3. The Morgan fingerprint density at radius 2 is 1.69 bits per heavy atom. The normalized spacial score (nSPS) is 11.9. The number of nitrogens with one attached hydrogen (secondary N) is 1. The lowest BCUT2D eigenvalue weighted by Gasteiger charge is -2.14. The van der Waals surface area contributed by atoms with E-state index in [-0.39, 0.29) is 26.9 Å². The van der Waals surface area contributed by atoms with E-state index in [0.717, 1.165) is 23.5 Å². The van der Waals surface area contributed by atoms with Crippen LogP contribution in [0.1, 0.15) is 6.92 Å². The second-order valence-electron chi connectivity index (χ2n) is 8.16. The van der Waals surface area contributed by atoms with Crippen LogP contribution in [0.5, 0.6) is 0 Å². The minimum absolute atomic E-state index is 0.0898. The number of hydrogen-bond acceptors (Lipinski definition) is 3. The summed E-state index contributed by atoms with van der Waals surface area (Å²) in [7, 11) is 1.66. The molecule has 1 N–H and O–H groups in total. The first kappa shape index (κ1) is 22.5. The van der Waals surface area contributed by atoms with E-state index in [0.29, 0.717) is 28.8 Å². The highest BCUT2D eigenvalue weighted by atomic mass is 19.4. The molecule has 4 aromatic heterocycles. The summed E-state index contributed by atoms with van der Waals surface area (Å²) < 4.78 is 42.0. The Morgan fingerprint density at radius 1 is 0.943 bits per heavy atom. The van der Waals surface area contributed by atoms with E-state index in [4.69, 9.17) is 0 Å². The van der Waals surface area contributed by atoms with Crippen molar-refractivity contribution in [2.75, 3.05) is 0 Å². The Kier molecular flexibility index (Phi) is 5.23. The lowest BCUT2D eigenvalue weighted by Crippen LogP contribution is -2.20. The van der Waals surface area contributed by atoms with Gasteiger partial charge >= 0.3 is 6.30 Å². The smallest absolute Gasteiger partial charge is 0.350 e. The molecule has 0 amide bonds. The number of pyridine rings is 2. The number of halogens is 3. The number of hydrogen-bond donors (Lipinski definition) is 1. The molecule has 0 radical (unpaired) electrons. The Balaban J connectivity index is 1.81. The van der Waals surface area contributed by atoms with E-state index >= 15 is 0 Å².